The first kappa shape index (κ1) is 18.9. The molecule has 0 fully saturated rings. The third-order valence-corrected chi connectivity index (χ3v) is 3.99. The summed E-state index contributed by atoms with van der Waals surface area (Å²) < 4.78 is 15.7. The van der Waals surface area contributed by atoms with Crippen LogP contribution in [-0.4, -0.2) is 33.5 Å². The number of carbonyl (C=O) groups is 1. The lowest BCUT2D eigenvalue weighted by molar-refractivity contribution is 0.0954. The van der Waals surface area contributed by atoms with Gasteiger partial charge < -0.3 is 14.2 Å². The first-order valence-electron chi connectivity index (χ1n) is 7.08. The standard InChI is InChI=1S/C17H16Cl2N2O4/c1-23-14-7-11(8-15(24-2)16(14)25-3)17(22)21-20-9-10-4-5-12(18)13(19)6-10/h4-9H,1-3H3,(H,21,22). The molecule has 1 amide bonds. The molecule has 8 heteroatoms. The lowest BCUT2D eigenvalue weighted by Crippen LogP contribution is -2.18. The van der Waals surface area contributed by atoms with Gasteiger partial charge in [0, 0.05) is 5.56 Å². The molecule has 0 aliphatic rings. The van der Waals surface area contributed by atoms with Crippen LogP contribution in [0.3, 0.4) is 0 Å². The van der Waals surface area contributed by atoms with E-state index in [-0.39, 0.29) is 0 Å². The van der Waals surface area contributed by atoms with Crippen LogP contribution in [0.1, 0.15) is 15.9 Å². The van der Waals surface area contributed by atoms with Gasteiger partial charge in [0.25, 0.3) is 5.91 Å². The summed E-state index contributed by atoms with van der Waals surface area (Å²) in [5, 5.41) is 4.75. The molecule has 0 aliphatic heterocycles. The van der Waals surface area contributed by atoms with Gasteiger partial charge >= 0.3 is 0 Å². The molecule has 2 aromatic rings. The lowest BCUT2D eigenvalue weighted by Gasteiger charge is -2.13. The van der Waals surface area contributed by atoms with Crippen molar-refractivity contribution in [3.8, 4) is 17.2 Å². The van der Waals surface area contributed by atoms with Crippen LogP contribution >= 0.6 is 23.2 Å². The van der Waals surface area contributed by atoms with Gasteiger partial charge in [0.05, 0.1) is 37.6 Å². The highest BCUT2D eigenvalue weighted by Crippen LogP contribution is 2.38. The lowest BCUT2D eigenvalue weighted by atomic mass is 10.1. The fraction of sp³-hybridized carbons (Fsp3) is 0.176. The summed E-state index contributed by atoms with van der Waals surface area (Å²) in [7, 11) is 4.43. The van der Waals surface area contributed by atoms with E-state index in [0.717, 1.165) is 0 Å². The zero-order valence-electron chi connectivity index (χ0n) is 13.8. The fourth-order valence-corrected chi connectivity index (χ4v) is 2.34. The summed E-state index contributed by atoms with van der Waals surface area (Å²) in [6.45, 7) is 0. The number of hydrogen-bond acceptors (Lipinski definition) is 5. The Kier molecular flexibility index (Phi) is 6.50. The van der Waals surface area contributed by atoms with E-state index >= 15 is 0 Å². The predicted molar refractivity (Wildman–Crippen MR) is 97.6 cm³/mol. The van der Waals surface area contributed by atoms with E-state index in [0.29, 0.717) is 38.4 Å². The molecule has 0 saturated heterocycles. The maximum atomic E-state index is 12.3. The molecule has 0 bridgehead atoms. The second-order valence-corrected chi connectivity index (χ2v) is 5.60. The largest absolute Gasteiger partial charge is 0.493 e. The Bertz CT molecular complexity index is 784. The van der Waals surface area contributed by atoms with Crippen LogP contribution in [-0.2, 0) is 0 Å². The van der Waals surface area contributed by atoms with Crippen LogP contribution in [0.4, 0.5) is 0 Å². The number of carbonyl (C=O) groups excluding carboxylic acids is 1. The summed E-state index contributed by atoms with van der Waals surface area (Å²) in [6, 6.07) is 8.07. The van der Waals surface area contributed by atoms with Crippen molar-refractivity contribution in [3.05, 3.63) is 51.5 Å². The number of halogens is 2. The van der Waals surface area contributed by atoms with Gasteiger partial charge in [0.1, 0.15) is 0 Å². The van der Waals surface area contributed by atoms with Gasteiger partial charge in [-0.15, -0.1) is 0 Å². The van der Waals surface area contributed by atoms with Crippen LogP contribution in [0.2, 0.25) is 10.0 Å². The summed E-state index contributed by atoms with van der Waals surface area (Å²) in [5.41, 5.74) is 3.42. The van der Waals surface area contributed by atoms with E-state index < -0.39 is 5.91 Å². The molecule has 0 aliphatic carbocycles. The number of ether oxygens (including phenoxy) is 3. The number of nitrogens with zero attached hydrogens (tertiary/aromatic N) is 1. The van der Waals surface area contributed by atoms with Crippen LogP contribution in [0.15, 0.2) is 35.4 Å². The van der Waals surface area contributed by atoms with E-state index in [9.17, 15) is 4.79 Å². The van der Waals surface area contributed by atoms with E-state index in [1.807, 2.05) is 0 Å². The molecule has 0 unspecified atom stereocenters. The summed E-state index contributed by atoms with van der Waals surface area (Å²) in [5.74, 6) is 0.720. The highest BCUT2D eigenvalue weighted by molar-refractivity contribution is 6.42. The smallest absolute Gasteiger partial charge is 0.271 e. The van der Waals surface area contributed by atoms with Crippen molar-refractivity contribution in [3.63, 3.8) is 0 Å². The quantitative estimate of drug-likeness (QED) is 0.609. The Balaban J connectivity index is 2.17. The molecule has 2 rings (SSSR count). The van der Waals surface area contributed by atoms with Crippen molar-refractivity contribution in [2.45, 2.75) is 0 Å². The predicted octanol–water partition coefficient (Wildman–Crippen LogP) is 3.78. The maximum Gasteiger partial charge on any atom is 0.271 e. The summed E-state index contributed by atoms with van der Waals surface area (Å²) >= 11 is 11.8. The minimum absolute atomic E-state index is 0.306. The van der Waals surface area contributed by atoms with Crippen molar-refractivity contribution >= 4 is 35.3 Å². The molecular formula is C17H16Cl2N2O4. The minimum Gasteiger partial charge on any atom is -0.493 e. The molecular weight excluding hydrogens is 367 g/mol. The fourth-order valence-electron chi connectivity index (χ4n) is 2.03. The second kappa shape index (κ2) is 8.60. The SMILES string of the molecule is COc1cc(C(=O)NN=Cc2ccc(Cl)c(Cl)c2)cc(OC)c1OC. The first-order chi connectivity index (χ1) is 12.0. The third-order valence-electron chi connectivity index (χ3n) is 3.25. The Morgan fingerprint density at radius 3 is 2.16 bits per heavy atom. The molecule has 2 aromatic carbocycles. The highest BCUT2D eigenvalue weighted by atomic mass is 35.5. The molecule has 0 saturated carbocycles. The molecule has 1 N–H and O–H groups in total. The van der Waals surface area contributed by atoms with Crippen molar-refractivity contribution in [1.82, 2.24) is 5.43 Å². The topological polar surface area (TPSA) is 69.2 Å². The Labute approximate surface area is 155 Å². The molecule has 0 atom stereocenters. The molecule has 132 valence electrons. The van der Waals surface area contributed by atoms with Gasteiger partial charge in [-0.05, 0) is 29.8 Å². The average molecular weight is 383 g/mol. The van der Waals surface area contributed by atoms with Crippen LogP contribution < -0.4 is 19.6 Å². The second-order valence-electron chi connectivity index (χ2n) is 4.79. The first-order valence-corrected chi connectivity index (χ1v) is 7.84. The number of methoxy groups -OCH3 is 3. The Hall–Kier alpha value is -2.44. The van der Waals surface area contributed by atoms with E-state index in [4.69, 9.17) is 37.4 Å². The van der Waals surface area contributed by atoms with Gasteiger partial charge in [-0.3, -0.25) is 4.79 Å². The third kappa shape index (κ3) is 4.55. The number of rotatable bonds is 6. The maximum absolute atomic E-state index is 12.3. The average Bonchev–Trinajstić information content (AvgIpc) is 2.63. The van der Waals surface area contributed by atoms with E-state index in [2.05, 4.69) is 10.5 Å². The Morgan fingerprint density at radius 2 is 1.64 bits per heavy atom. The number of hydrogen-bond donors (Lipinski definition) is 1. The monoisotopic (exact) mass is 382 g/mol. The number of nitrogens with one attached hydrogen (secondary N) is 1. The van der Waals surface area contributed by atoms with Gasteiger partial charge in [-0.2, -0.15) is 5.10 Å². The molecule has 0 aromatic heterocycles. The summed E-state index contributed by atoms with van der Waals surface area (Å²) in [6.07, 6.45) is 1.46. The summed E-state index contributed by atoms with van der Waals surface area (Å²) in [4.78, 5) is 12.3. The van der Waals surface area contributed by atoms with Gasteiger partial charge in [0.15, 0.2) is 11.5 Å². The number of amides is 1. The number of benzene rings is 2. The van der Waals surface area contributed by atoms with Crippen LogP contribution in [0.5, 0.6) is 17.2 Å². The molecule has 6 nitrogen and oxygen atoms in total. The van der Waals surface area contributed by atoms with Crippen molar-refractivity contribution < 1.29 is 19.0 Å². The molecule has 0 spiro atoms. The molecule has 25 heavy (non-hydrogen) atoms. The normalized spacial score (nSPS) is 10.6. The minimum atomic E-state index is -0.435. The van der Waals surface area contributed by atoms with Gasteiger partial charge in [0.2, 0.25) is 5.75 Å². The highest BCUT2D eigenvalue weighted by Gasteiger charge is 2.16. The van der Waals surface area contributed by atoms with Crippen LogP contribution in [0, 0.1) is 0 Å². The van der Waals surface area contributed by atoms with Gasteiger partial charge in [-0.1, -0.05) is 29.3 Å². The zero-order chi connectivity index (χ0) is 18.4. The van der Waals surface area contributed by atoms with Crippen LogP contribution in [0.25, 0.3) is 0 Å². The van der Waals surface area contributed by atoms with Gasteiger partial charge in [-0.25, -0.2) is 5.43 Å². The van der Waals surface area contributed by atoms with Crippen molar-refractivity contribution in [2.24, 2.45) is 5.10 Å². The molecule has 0 radical (unpaired) electrons. The number of hydrazone groups is 1. The Morgan fingerprint density at radius 1 is 1.00 bits per heavy atom. The van der Waals surface area contributed by atoms with E-state index in [1.165, 1.54) is 39.7 Å². The molecule has 0 heterocycles. The zero-order valence-corrected chi connectivity index (χ0v) is 15.3. The van der Waals surface area contributed by atoms with Crippen molar-refractivity contribution in [1.29, 1.82) is 0 Å². The van der Waals surface area contributed by atoms with E-state index in [1.54, 1.807) is 18.2 Å². The van der Waals surface area contributed by atoms with Crippen molar-refractivity contribution in [2.75, 3.05) is 21.3 Å².